The molecule has 1 aromatic heterocycles. The molecule has 0 saturated heterocycles. The van der Waals surface area contributed by atoms with E-state index in [1.807, 2.05) is 29.9 Å². The van der Waals surface area contributed by atoms with E-state index in [4.69, 9.17) is 5.73 Å². The first-order valence-electron chi connectivity index (χ1n) is 5.90. The lowest BCUT2D eigenvalue weighted by atomic mass is 10.2. The van der Waals surface area contributed by atoms with Gasteiger partial charge in [0.2, 0.25) is 0 Å². The minimum atomic E-state index is 0.752. The summed E-state index contributed by atoms with van der Waals surface area (Å²) in [6.45, 7) is 2.87. The molecule has 0 amide bonds. The highest BCUT2D eigenvalue weighted by Gasteiger charge is 2.06. The number of nitrogens with zero attached hydrogens (tertiary/aromatic N) is 2. The van der Waals surface area contributed by atoms with Gasteiger partial charge in [-0.3, -0.25) is 4.68 Å². The number of aromatic nitrogens is 2. The monoisotopic (exact) mass is 356 g/mol. The molecule has 0 bridgehead atoms. The smallest absolute Gasteiger partial charge is 0.0671 e. The second kappa shape index (κ2) is 5.60. The molecule has 0 fully saturated rings. The lowest BCUT2D eigenvalue weighted by Crippen LogP contribution is -2.03. The van der Waals surface area contributed by atoms with Crippen LogP contribution in [0.15, 0.2) is 24.4 Å². The predicted molar refractivity (Wildman–Crippen MR) is 83.5 cm³/mol. The van der Waals surface area contributed by atoms with E-state index in [-0.39, 0.29) is 0 Å². The van der Waals surface area contributed by atoms with Crippen LogP contribution in [0.3, 0.4) is 0 Å². The van der Waals surface area contributed by atoms with Crippen molar-refractivity contribution in [3.63, 3.8) is 0 Å². The van der Waals surface area contributed by atoms with Crippen LogP contribution in [0.5, 0.6) is 0 Å². The van der Waals surface area contributed by atoms with Crippen LogP contribution in [-0.2, 0) is 20.0 Å². The Morgan fingerprint density at radius 1 is 1.44 bits per heavy atom. The lowest BCUT2D eigenvalue weighted by Gasteiger charge is -2.09. The molecule has 4 nitrogen and oxygen atoms in total. The van der Waals surface area contributed by atoms with Crippen molar-refractivity contribution in [1.82, 2.24) is 9.78 Å². The first-order chi connectivity index (χ1) is 8.60. The number of benzene rings is 1. The fraction of sp³-hybridized carbons (Fsp3) is 0.308. The molecule has 2 rings (SSSR count). The molecule has 1 aromatic carbocycles. The number of aryl methyl sites for hydroxylation is 2. The van der Waals surface area contributed by atoms with Gasteiger partial charge >= 0.3 is 0 Å². The fourth-order valence-corrected chi connectivity index (χ4v) is 2.43. The summed E-state index contributed by atoms with van der Waals surface area (Å²) in [5.74, 6) is 0. The number of nitrogen functional groups attached to an aromatic ring is 1. The molecular weight excluding hydrogens is 339 g/mol. The van der Waals surface area contributed by atoms with Crippen molar-refractivity contribution < 1.29 is 0 Å². The molecule has 0 aliphatic rings. The van der Waals surface area contributed by atoms with Gasteiger partial charge in [-0.15, -0.1) is 0 Å². The van der Waals surface area contributed by atoms with Crippen LogP contribution in [0.25, 0.3) is 0 Å². The summed E-state index contributed by atoms with van der Waals surface area (Å²) in [6.07, 6.45) is 2.99. The van der Waals surface area contributed by atoms with Gasteiger partial charge in [0.15, 0.2) is 0 Å². The summed E-state index contributed by atoms with van der Waals surface area (Å²) in [6, 6.07) is 6.02. The van der Waals surface area contributed by atoms with Crippen LogP contribution in [0.4, 0.5) is 11.4 Å². The minimum absolute atomic E-state index is 0.752. The molecule has 3 N–H and O–H groups in total. The maximum atomic E-state index is 5.97. The number of nitrogens with one attached hydrogen (secondary N) is 1. The Balaban J connectivity index is 2.11. The summed E-state index contributed by atoms with van der Waals surface area (Å²) in [4.78, 5) is 0. The van der Waals surface area contributed by atoms with Crippen LogP contribution in [0.1, 0.15) is 18.2 Å². The standard InChI is InChI=1S/C13H17IN4/c1-3-12-9(8-18(2)17-12)7-16-13-5-4-10(14)6-11(13)15/h4-6,8,16H,3,7,15H2,1-2H3. The number of hydrogen-bond acceptors (Lipinski definition) is 3. The van der Waals surface area contributed by atoms with Gasteiger partial charge in [0.1, 0.15) is 0 Å². The zero-order valence-electron chi connectivity index (χ0n) is 10.6. The Bertz CT molecular complexity index is 548. The van der Waals surface area contributed by atoms with Crippen LogP contribution < -0.4 is 11.1 Å². The average Bonchev–Trinajstić information content (AvgIpc) is 2.68. The molecule has 0 atom stereocenters. The van der Waals surface area contributed by atoms with E-state index in [2.05, 4.69) is 46.1 Å². The molecule has 0 unspecified atom stereocenters. The Morgan fingerprint density at radius 3 is 2.89 bits per heavy atom. The molecule has 2 aromatic rings. The summed E-state index contributed by atoms with van der Waals surface area (Å²) in [7, 11) is 1.95. The van der Waals surface area contributed by atoms with E-state index in [1.54, 1.807) is 0 Å². The van der Waals surface area contributed by atoms with E-state index >= 15 is 0 Å². The van der Waals surface area contributed by atoms with Crippen molar-refractivity contribution in [3.8, 4) is 0 Å². The molecule has 5 heteroatoms. The maximum absolute atomic E-state index is 5.97. The van der Waals surface area contributed by atoms with Gasteiger partial charge in [-0.2, -0.15) is 5.10 Å². The fourth-order valence-electron chi connectivity index (χ4n) is 1.91. The first kappa shape index (κ1) is 13.2. The Kier molecular flexibility index (Phi) is 4.11. The van der Waals surface area contributed by atoms with Gasteiger partial charge in [0.25, 0.3) is 0 Å². The highest BCUT2D eigenvalue weighted by Crippen LogP contribution is 2.22. The van der Waals surface area contributed by atoms with Crippen molar-refractivity contribution in [2.45, 2.75) is 19.9 Å². The Labute approximate surface area is 121 Å². The lowest BCUT2D eigenvalue weighted by molar-refractivity contribution is 0.746. The van der Waals surface area contributed by atoms with Gasteiger partial charge in [-0.25, -0.2) is 0 Å². The van der Waals surface area contributed by atoms with Gasteiger partial charge in [-0.1, -0.05) is 6.92 Å². The quantitative estimate of drug-likeness (QED) is 0.654. The van der Waals surface area contributed by atoms with E-state index < -0.39 is 0 Å². The molecule has 96 valence electrons. The van der Waals surface area contributed by atoms with E-state index in [1.165, 1.54) is 5.56 Å². The van der Waals surface area contributed by atoms with Gasteiger partial charge in [-0.05, 0) is 47.2 Å². The topological polar surface area (TPSA) is 55.9 Å². The SMILES string of the molecule is CCc1nn(C)cc1CNc1ccc(I)cc1N. The molecule has 1 heterocycles. The highest BCUT2D eigenvalue weighted by atomic mass is 127. The van der Waals surface area contributed by atoms with Crippen molar-refractivity contribution >= 4 is 34.0 Å². The van der Waals surface area contributed by atoms with Gasteiger partial charge in [0, 0.05) is 28.9 Å². The molecule has 0 saturated carbocycles. The highest BCUT2D eigenvalue weighted by molar-refractivity contribution is 14.1. The molecular formula is C13H17IN4. The average molecular weight is 356 g/mol. The first-order valence-corrected chi connectivity index (χ1v) is 6.98. The Hall–Kier alpha value is -1.24. The second-order valence-electron chi connectivity index (χ2n) is 4.21. The van der Waals surface area contributed by atoms with E-state index in [0.29, 0.717) is 0 Å². The van der Waals surface area contributed by atoms with Gasteiger partial charge in [0.05, 0.1) is 17.1 Å². The van der Waals surface area contributed by atoms with Crippen LogP contribution in [0, 0.1) is 3.57 Å². The Morgan fingerprint density at radius 2 is 2.22 bits per heavy atom. The second-order valence-corrected chi connectivity index (χ2v) is 5.46. The third-order valence-electron chi connectivity index (χ3n) is 2.81. The van der Waals surface area contributed by atoms with E-state index in [9.17, 15) is 0 Å². The zero-order valence-corrected chi connectivity index (χ0v) is 12.7. The predicted octanol–water partition coefficient (Wildman–Crippen LogP) is 2.78. The summed E-state index contributed by atoms with van der Waals surface area (Å²) >= 11 is 2.26. The minimum Gasteiger partial charge on any atom is -0.397 e. The molecule has 0 aliphatic carbocycles. The molecule has 18 heavy (non-hydrogen) atoms. The molecule has 0 spiro atoms. The summed E-state index contributed by atoms with van der Waals surface area (Å²) in [5, 5.41) is 7.78. The van der Waals surface area contributed by atoms with Crippen molar-refractivity contribution in [2.75, 3.05) is 11.1 Å². The number of nitrogens with two attached hydrogens (primary N) is 1. The molecule has 0 radical (unpaired) electrons. The van der Waals surface area contributed by atoms with Crippen molar-refractivity contribution in [1.29, 1.82) is 0 Å². The summed E-state index contributed by atoms with van der Waals surface area (Å²) < 4.78 is 3.00. The third-order valence-corrected chi connectivity index (χ3v) is 3.48. The van der Waals surface area contributed by atoms with Crippen molar-refractivity contribution in [2.24, 2.45) is 7.05 Å². The van der Waals surface area contributed by atoms with Crippen molar-refractivity contribution in [3.05, 3.63) is 39.2 Å². The largest absolute Gasteiger partial charge is 0.397 e. The number of halogens is 1. The zero-order chi connectivity index (χ0) is 13.1. The van der Waals surface area contributed by atoms with Crippen LogP contribution in [0.2, 0.25) is 0 Å². The van der Waals surface area contributed by atoms with Crippen LogP contribution in [-0.4, -0.2) is 9.78 Å². The number of anilines is 2. The van der Waals surface area contributed by atoms with Gasteiger partial charge < -0.3 is 11.1 Å². The van der Waals surface area contributed by atoms with Crippen LogP contribution >= 0.6 is 22.6 Å². The van der Waals surface area contributed by atoms with E-state index in [0.717, 1.165) is 33.6 Å². The summed E-state index contributed by atoms with van der Waals surface area (Å²) in [5.41, 5.74) is 10.1. The third kappa shape index (κ3) is 2.95. The number of hydrogen-bond donors (Lipinski definition) is 2. The normalized spacial score (nSPS) is 10.6. The molecule has 0 aliphatic heterocycles. The maximum Gasteiger partial charge on any atom is 0.0671 e. The number of rotatable bonds is 4.